The highest BCUT2D eigenvalue weighted by atomic mass is 16.5. The molecule has 1 aliphatic heterocycles. The molecule has 3 aromatic rings. The van der Waals surface area contributed by atoms with Gasteiger partial charge in [0.15, 0.2) is 0 Å². The minimum atomic E-state index is -0.625. The maximum atomic E-state index is 12.8. The second-order valence-corrected chi connectivity index (χ2v) is 6.71. The normalized spacial score (nSPS) is 15.4. The third-order valence-corrected chi connectivity index (χ3v) is 5.06. The number of carbonyl (C=O) groups is 3. The Balaban J connectivity index is 1.63. The van der Waals surface area contributed by atoms with Crippen LogP contribution in [0.15, 0.2) is 46.5 Å². The third kappa shape index (κ3) is 3.08. The number of hydrogen-bond acceptors (Lipinski definition) is 5. The van der Waals surface area contributed by atoms with E-state index in [1.54, 1.807) is 6.08 Å². The number of ether oxygens (including phenoxy) is 1. The molecule has 2 aromatic heterocycles. The number of rotatable bonds is 4. The lowest BCUT2D eigenvalue weighted by Gasteiger charge is -2.09. The molecule has 0 aliphatic carbocycles. The van der Waals surface area contributed by atoms with Crippen LogP contribution in [0.1, 0.15) is 27.6 Å². The van der Waals surface area contributed by atoms with Gasteiger partial charge >= 0.3 is 12.0 Å². The van der Waals surface area contributed by atoms with Gasteiger partial charge in [-0.25, -0.2) is 9.59 Å². The van der Waals surface area contributed by atoms with Crippen LogP contribution >= 0.6 is 0 Å². The number of para-hydroxylation sites is 1. The molecular formula is C21H19N3O5. The van der Waals surface area contributed by atoms with Crippen LogP contribution in [0, 0.1) is 6.92 Å². The first-order valence-electron chi connectivity index (χ1n) is 8.96. The fraction of sp³-hybridized carbons (Fsp3) is 0.190. The van der Waals surface area contributed by atoms with Gasteiger partial charge < -0.3 is 19.0 Å². The van der Waals surface area contributed by atoms with Gasteiger partial charge in [-0.3, -0.25) is 9.69 Å². The summed E-state index contributed by atoms with van der Waals surface area (Å²) in [7, 11) is 3.20. The fourth-order valence-electron chi connectivity index (χ4n) is 3.42. The zero-order valence-corrected chi connectivity index (χ0v) is 16.2. The fourth-order valence-corrected chi connectivity index (χ4v) is 3.42. The van der Waals surface area contributed by atoms with E-state index in [0.717, 1.165) is 27.1 Å². The highest BCUT2D eigenvalue weighted by molar-refractivity contribution is 6.14. The molecule has 0 radical (unpaired) electrons. The number of amides is 3. The molecule has 29 heavy (non-hydrogen) atoms. The maximum absolute atomic E-state index is 12.8. The van der Waals surface area contributed by atoms with E-state index < -0.39 is 17.9 Å². The summed E-state index contributed by atoms with van der Waals surface area (Å²) in [6, 6.07) is 10.3. The molecule has 0 spiro atoms. The number of carbonyl (C=O) groups excluding carboxylic acids is 3. The number of nitrogens with zero attached hydrogens (tertiary/aromatic N) is 2. The van der Waals surface area contributed by atoms with Crippen LogP contribution in [-0.4, -0.2) is 34.5 Å². The molecule has 3 amide bonds. The van der Waals surface area contributed by atoms with E-state index in [4.69, 9.17) is 4.42 Å². The number of aromatic nitrogens is 1. The van der Waals surface area contributed by atoms with Crippen molar-refractivity contribution in [1.29, 1.82) is 0 Å². The maximum Gasteiger partial charge on any atom is 0.373 e. The number of fused-ring (bicyclic) bond motifs is 1. The summed E-state index contributed by atoms with van der Waals surface area (Å²) >= 11 is 0. The number of furan rings is 1. The third-order valence-electron chi connectivity index (χ3n) is 5.06. The van der Waals surface area contributed by atoms with Gasteiger partial charge in [0.1, 0.15) is 11.5 Å². The SMILES string of the molecule is COC(=O)c1ccc(CN2C(=O)NC(=Cc3c(C)n(C)c4ccccc34)C2=O)o1. The quantitative estimate of drug-likeness (QED) is 0.418. The Morgan fingerprint density at radius 1 is 1.21 bits per heavy atom. The predicted octanol–water partition coefficient (Wildman–Crippen LogP) is 2.96. The lowest BCUT2D eigenvalue weighted by molar-refractivity contribution is -0.123. The standard InChI is InChI=1S/C21H19N3O5/c1-12-15(14-6-4-5-7-17(14)23(12)2)10-16-19(25)24(21(27)22-16)11-13-8-9-18(29-13)20(26)28-3/h4-10H,11H2,1-3H3,(H,22,27). The Morgan fingerprint density at radius 3 is 2.72 bits per heavy atom. The van der Waals surface area contributed by atoms with Crippen molar-refractivity contribution in [1.82, 2.24) is 14.8 Å². The van der Waals surface area contributed by atoms with Gasteiger partial charge in [-0.15, -0.1) is 0 Å². The van der Waals surface area contributed by atoms with Gasteiger partial charge in [-0.05, 0) is 31.2 Å². The molecular weight excluding hydrogens is 374 g/mol. The summed E-state index contributed by atoms with van der Waals surface area (Å²) in [6.45, 7) is 1.87. The average molecular weight is 393 g/mol. The van der Waals surface area contributed by atoms with Crippen LogP contribution in [0.3, 0.4) is 0 Å². The van der Waals surface area contributed by atoms with Gasteiger partial charge in [0, 0.05) is 29.2 Å². The van der Waals surface area contributed by atoms with Crippen molar-refractivity contribution in [2.75, 3.05) is 7.11 Å². The lowest BCUT2D eigenvalue weighted by Crippen LogP contribution is -2.30. The van der Waals surface area contributed by atoms with Gasteiger partial charge in [0.05, 0.1) is 13.7 Å². The molecule has 148 valence electrons. The first kappa shape index (κ1) is 18.5. The monoisotopic (exact) mass is 393 g/mol. The molecule has 8 heteroatoms. The molecule has 0 atom stereocenters. The zero-order chi connectivity index (χ0) is 20.7. The largest absolute Gasteiger partial charge is 0.463 e. The number of imide groups is 1. The Hall–Kier alpha value is -3.81. The summed E-state index contributed by atoms with van der Waals surface area (Å²) in [6.07, 6.45) is 1.69. The van der Waals surface area contributed by atoms with Crippen LogP contribution in [0.4, 0.5) is 4.79 Å². The molecule has 0 bridgehead atoms. The van der Waals surface area contributed by atoms with E-state index >= 15 is 0 Å². The highest BCUT2D eigenvalue weighted by Gasteiger charge is 2.34. The number of urea groups is 1. The zero-order valence-electron chi connectivity index (χ0n) is 16.2. The van der Waals surface area contributed by atoms with Crippen molar-refractivity contribution < 1.29 is 23.5 Å². The van der Waals surface area contributed by atoms with E-state index in [9.17, 15) is 14.4 Å². The van der Waals surface area contributed by atoms with Crippen LogP contribution < -0.4 is 5.32 Å². The minimum Gasteiger partial charge on any atom is -0.463 e. The predicted molar refractivity (Wildman–Crippen MR) is 105 cm³/mol. The number of nitrogens with one attached hydrogen (secondary N) is 1. The minimum absolute atomic E-state index is 0.0108. The number of esters is 1. The van der Waals surface area contributed by atoms with E-state index in [-0.39, 0.29) is 18.0 Å². The first-order valence-corrected chi connectivity index (χ1v) is 8.96. The second kappa shape index (κ2) is 6.97. The number of aryl methyl sites for hydroxylation is 1. The molecule has 1 aliphatic rings. The summed E-state index contributed by atoms with van der Waals surface area (Å²) in [5, 5.41) is 3.62. The second-order valence-electron chi connectivity index (χ2n) is 6.71. The molecule has 1 aromatic carbocycles. The number of hydrogen-bond donors (Lipinski definition) is 1. The number of methoxy groups -OCH3 is 1. The highest BCUT2D eigenvalue weighted by Crippen LogP contribution is 2.28. The van der Waals surface area contributed by atoms with Gasteiger partial charge in [0.25, 0.3) is 5.91 Å². The van der Waals surface area contributed by atoms with Crippen molar-refractivity contribution in [2.24, 2.45) is 7.05 Å². The van der Waals surface area contributed by atoms with Gasteiger partial charge in [-0.1, -0.05) is 18.2 Å². The summed E-state index contributed by atoms with van der Waals surface area (Å²) < 4.78 is 12.0. The molecule has 0 saturated carbocycles. The molecule has 4 rings (SSSR count). The van der Waals surface area contributed by atoms with Gasteiger partial charge in [0.2, 0.25) is 5.76 Å². The van der Waals surface area contributed by atoms with E-state index in [1.165, 1.54) is 19.2 Å². The Morgan fingerprint density at radius 2 is 1.97 bits per heavy atom. The van der Waals surface area contributed by atoms with Crippen molar-refractivity contribution in [2.45, 2.75) is 13.5 Å². The van der Waals surface area contributed by atoms with Crippen LogP contribution in [-0.2, 0) is 23.1 Å². The topological polar surface area (TPSA) is 93.8 Å². The molecule has 1 saturated heterocycles. The first-order chi connectivity index (χ1) is 13.9. The lowest BCUT2D eigenvalue weighted by atomic mass is 10.1. The molecule has 1 fully saturated rings. The summed E-state index contributed by atoms with van der Waals surface area (Å²) in [4.78, 5) is 37.7. The van der Waals surface area contributed by atoms with Crippen molar-refractivity contribution >= 4 is 34.9 Å². The van der Waals surface area contributed by atoms with Crippen molar-refractivity contribution in [3.8, 4) is 0 Å². The molecule has 3 heterocycles. The summed E-state index contributed by atoms with van der Waals surface area (Å²) in [5.41, 5.74) is 3.08. The van der Waals surface area contributed by atoms with Crippen LogP contribution in [0.2, 0.25) is 0 Å². The Kier molecular flexibility index (Phi) is 4.46. The van der Waals surface area contributed by atoms with E-state index in [0.29, 0.717) is 5.76 Å². The Bertz CT molecular complexity index is 1180. The average Bonchev–Trinajstić information content (AvgIpc) is 3.37. The smallest absolute Gasteiger partial charge is 0.373 e. The Labute approximate surface area is 166 Å². The van der Waals surface area contributed by atoms with Crippen molar-refractivity contribution in [3.63, 3.8) is 0 Å². The number of benzene rings is 1. The molecule has 0 unspecified atom stereocenters. The molecule has 1 N–H and O–H groups in total. The van der Waals surface area contributed by atoms with Gasteiger partial charge in [-0.2, -0.15) is 0 Å². The molecule has 8 nitrogen and oxygen atoms in total. The van der Waals surface area contributed by atoms with Crippen molar-refractivity contribution in [3.05, 3.63) is 64.9 Å². The van der Waals surface area contributed by atoms with E-state index in [1.807, 2.05) is 42.8 Å². The van der Waals surface area contributed by atoms with E-state index in [2.05, 4.69) is 10.1 Å². The van der Waals surface area contributed by atoms with Crippen LogP contribution in [0.25, 0.3) is 17.0 Å². The summed E-state index contributed by atoms with van der Waals surface area (Å²) in [5.74, 6) is -0.771. The van der Waals surface area contributed by atoms with Crippen LogP contribution in [0.5, 0.6) is 0 Å².